The minimum absolute atomic E-state index is 0.331. The average Bonchev–Trinajstić information content (AvgIpc) is 2.90. The SMILES string of the molecule is CN1C(=O)[C@@H](NC(=O)[C@@H](N)c2ccccc2)N=C(c2ccccc2)c2ccccc21. The molecule has 1 aliphatic heterocycles. The second-order valence-electron chi connectivity index (χ2n) is 7.06. The first-order valence-electron chi connectivity index (χ1n) is 9.67. The fraction of sp³-hybridized carbons (Fsp3) is 0.125. The minimum Gasteiger partial charge on any atom is -0.325 e. The molecule has 4 rings (SSSR count). The third kappa shape index (κ3) is 3.73. The molecule has 0 saturated carbocycles. The van der Waals surface area contributed by atoms with E-state index in [9.17, 15) is 9.59 Å². The van der Waals surface area contributed by atoms with Crippen molar-refractivity contribution < 1.29 is 9.59 Å². The molecule has 3 aromatic carbocycles. The van der Waals surface area contributed by atoms with Gasteiger partial charge in [-0.25, -0.2) is 4.99 Å². The summed E-state index contributed by atoms with van der Waals surface area (Å²) in [6.07, 6.45) is -1.08. The second kappa shape index (κ2) is 8.31. The number of nitrogens with zero attached hydrogens (tertiary/aromatic N) is 2. The Kier molecular flexibility index (Phi) is 5.41. The van der Waals surface area contributed by atoms with Crippen LogP contribution < -0.4 is 16.0 Å². The molecule has 0 fully saturated rings. The molecule has 2 amide bonds. The second-order valence-corrected chi connectivity index (χ2v) is 7.06. The Morgan fingerprint density at radius 3 is 2.27 bits per heavy atom. The van der Waals surface area contributed by atoms with Crippen LogP contribution in [0.5, 0.6) is 0 Å². The van der Waals surface area contributed by atoms with E-state index in [1.165, 1.54) is 4.90 Å². The van der Waals surface area contributed by atoms with Crippen molar-refractivity contribution in [3.8, 4) is 0 Å². The van der Waals surface area contributed by atoms with E-state index in [2.05, 4.69) is 10.3 Å². The number of nitrogens with one attached hydrogen (secondary N) is 1. The summed E-state index contributed by atoms with van der Waals surface area (Å²) in [5, 5.41) is 2.73. The summed E-state index contributed by atoms with van der Waals surface area (Å²) < 4.78 is 0. The first-order chi connectivity index (χ1) is 14.6. The summed E-state index contributed by atoms with van der Waals surface area (Å²) in [7, 11) is 1.68. The van der Waals surface area contributed by atoms with Gasteiger partial charge in [-0.05, 0) is 11.6 Å². The molecule has 150 valence electrons. The van der Waals surface area contributed by atoms with Crippen LogP contribution in [0.25, 0.3) is 0 Å². The lowest BCUT2D eigenvalue weighted by Gasteiger charge is -2.22. The van der Waals surface area contributed by atoms with Crippen molar-refractivity contribution in [2.45, 2.75) is 12.2 Å². The van der Waals surface area contributed by atoms with Gasteiger partial charge in [0.1, 0.15) is 6.04 Å². The van der Waals surface area contributed by atoms with E-state index in [-0.39, 0.29) is 5.91 Å². The minimum atomic E-state index is -1.08. The number of benzodiazepines with no additional fused rings is 1. The van der Waals surface area contributed by atoms with Crippen LogP contribution in [0.2, 0.25) is 0 Å². The highest BCUT2D eigenvalue weighted by Crippen LogP contribution is 2.27. The summed E-state index contributed by atoms with van der Waals surface area (Å²) >= 11 is 0. The van der Waals surface area contributed by atoms with E-state index in [1.54, 1.807) is 19.2 Å². The number of para-hydroxylation sites is 1. The molecule has 3 N–H and O–H groups in total. The molecule has 6 heteroatoms. The van der Waals surface area contributed by atoms with Gasteiger partial charge in [0, 0.05) is 18.2 Å². The molecule has 1 heterocycles. The van der Waals surface area contributed by atoms with Crippen LogP contribution in [0.1, 0.15) is 22.7 Å². The topological polar surface area (TPSA) is 87.8 Å². The van der Waals surface area contributed by atoms with Gasteiger partial charge in [-0.2, -0.15) is 0 Å². The van der Waals surface area contributed by atoms with Crippen molar-refractivity contribution in [2.75, 3.05) is 11.9 Å². The number of fused-ring (bicyclic) bond motifs is 1. The first-order valence-corrected chi connectivity index (χ1v) is 9.67. The lowest BCUT2D eigenvalue weighted by Crippen LogP contribution is -2.48. The van der Waals surface area contributed by atoms with Gasteiger partial charge in [-0.3, -0.25) is 9.59 Å². The molecule has 2 atom stereocenters. The highest BCUT2D eigenvalue weighted by molar-refractivity contribution is 6.20. The van der Waals surface area contributed by atoms with E-state index in [0.29, 0.717) is 11.3 Å². The molecule has 0 spiro atoms. The standard InChI is InChI=1S/C24H22N4O2/c1-28-19-15-9-8-14-18(19)21(17-12-6-3-7-13-17)26-22(24(28)30)27-23(29)20(25)16-10-4-2-5-11-16/h2-15,20,22H,25H2,1H3,(H,27,29)/t20-,22+/m0/s1. The third-order valence-corrected chi connectivity index (χ3v) is 5.11. The molecule has 0 unspecified atom stereocenters. The molecule has 30 heavy (non-hydrogen) atoms. The van der Waals surface area contributed by atoms with Gasteiger partial charge in [-0.15, -0.1) is 0 Å². The van der Waals surface area contributed by atoms with Gasteiger partial charge in [0.2, 0.25) is 12.1 Å². The molecular weight excluding hydrogens is 376 g/mol. The highest BCUT2D eigenvalue weighted by Gasteiger charge is 2.32. The molecular formula is C24H22N4O2. The molecule has 0 bridgehead atoms. The van der Waals surface area contributed by atoms with Gasteiger partial charge in [-0.1, -0.05) is 78.9 Å². The van der Waals surface area contributed by atoms with Crippen LogP contribution in [0, 0.1) is 0 Å². The van der Waals surface area contributed by atoms with Crippen LogP contribution in [-0.4, -0.2) is 30.7 Å². The van der Waals surface area contributed by atoms with Gasteiger partial charge in [0.05, 0.1) is 11.4 Å². The van der Waals surface area contributed by atoms with Crippen molar-refractivity contribution in [3.05, 3.63) is 102 Å². The summed E-state index contributed by atoms with van der Waals surface area (Å²) in [6, 6.07) is 25.3. The summed E-state index contributed by atoms with van der Waals surface area (Å²) in [5.41, 5.74) is 9.84. The Morgan fingerprint density at radius 1 is 0.967 bits per heavy atom. The predicted molar refractivity (Wildman–Crippen MR) is 117 cm³/mol. The fourth-order valence-corrected chi connectivity index (χ4v) is 3.48. The Morgan fingerprint density at radius 2 is 1.57 bits per heavy atom. The van der Waals surface area contributed by atoms with Crippen LogP contribution in [-0.2, 0) is 9.59 Å². The van der Waals surface area contributed by atoms with Crippen molar-refractivity contribution in [3.63, 3.8) is 0 Å². The van der Waals surface area contributed by atoms with Crippen LogP contribution in [0.15, 0.2) is 89.9 Å². The Hall–Kier alpha value is -3.77. The fourth-order valence-electron chi connectivity index (χ4n) is 3.48. The van der Waals surface area contributed by atoms with Crippen molar-refractivity contribution in [2.24, 2.45) is 10.7 Å². The zero-order chi connectivity index (χ0) is 21.1. The van der Waals surface area contributed by atoms with Gasteiger partial charge in [0.15, 0.2) is 0 Å². The third-order valence-electron chi connectivity index (χ3n) is 5.11. The monoisotopic (exact) mass is 398 g/mol. The van der Waals surface area contributed by atoms with Crippen molar-refractivity contribution in [1.82, 2.24) is 5.32 Å². The average molecular weight is 398 g/mol. The molecule has 1 aliphatic rings. The van der Waals surface area contributed by atoms with E-state index in [0.717, 1.165) is 16.8 Å². The van der Waals surface area contributed by atoms with E-state index >= 15 is 0 Å². The number of amides is 2. The molecule has 0 aromatic heterocycles. The number of benzene rings is 3. The van der Waals surface area contributed by atoms with Crippen molar-refractivity contribution in [1.29, 1.82) is 0 Å². The van der Waals surface area contributed by atoms with Gasteiger partial charge < -0.3 is 16.0 Å². The number of aliphatic imine (C=N–C) groups is 1. The lowest BCUT2D eigenvalue weighted by molar-refractivity contribution is -0.128. The first kappa shape index (κ1) is 19.5. The van der Waals surface area contributed by atoms with Crippen LogP contribution >= 0.6 is 0 Å². The molecule has 0 aliphatic carbocycles. The number of carbonyl (C=O) groups is 2. The smallest absolute Gasteiger partial charge is 0.272 e. The Bertz CT molecular complexity index is 1100. The van der Waals surface area contributed by atoms with E-state index in [1.807, 2.05) is 72.8 Å². The number of carbonyl (C=O) groups excluding carboxylic acids is 2. The van der Waals surface area contributed by atoms with Crippen LogP contribution in [0.3, 0.4) is 0 Å². The number of likely N-dealkylation sites (N-methyl/N-ethyl adjacent to an activating group) is 1. The van der Waals surface area contributed by atoms with Crippen molar-refractivity contribution >= 4 is 23.2 Å². The Labute approximate surface area is 175 Å². The van der Waals surface area contributed by atoms with E-state index < -0.39 is 18.1 Å². The maximum Gasteiger partial charge on any atom is 0.272 e. The number of rotatable bonds is 4. The maximum atomic E-state index is 13.1. The maximum absolute atomic E-state index is 13.1. The summed E-state index contributed by atoms with van der Waals surface area (Å²) in [6.45, 7) is 0. The quantitative estimate of drug-likeness (QED) is 0.708. The van der Waals surface area contributed by atoms with Gasteiger partial charge >= 0.3 is 0 Å². The van der Waals surface area contributed by atoms with Gasteiger partial charge in [0.25, 0.3) is 5.91 Å². The highest BCUT2D eigenvalue weighted by atomic mass is 16.2. The summed E-state index contributed by atoms with van der Waals surface area (Å²) in [5.74, 6) is -0.794. The normalized spacial score (nSPS) is 16.9. The zero-order valence-corrected chi connectivity index (χ0v) is 16.5. The zero-order valence-electron chi connectivity index (χ0n) is 16.5. The summed E-state index contributed by atoms with van der Waals surface area (Å²) in [4.78, 5) is 32.2. The molecule has 6 nitrogen and oxygen atoms in total. The number of hydrogen-bond acceptors (Lipinski definition) is 4. The molecule has 3 aromatic rings. The van der Waals surface area contributed by atoms with E-state index in [4.69, 9.17) is 5.73 Å². The molecule has 0 saturated heterocycles. The largest absolute Gasteiger partial charge is 0.325 e. The van der Waals surface area contributed by atoms with Crippen LogP contribution in [0.4, 0.5) is 5.69 Å². The number of hydrogen-bond donors (Lipinski definition) is 2. The number of nitrogens with two attached hydrogens (primary N) is 1. The number of anilines is 1. The lowest BCUT2D eigenvalue weighted by atomic mass is 10.0. The molecule has 0 radical (unpaired) electrons. The predicted octanol–water partition coefficient (Wildman–Crippen LogP) is 2.64. The Balaban J connectivity index is 1.73.